The summed E-state index contributed by atoms with van der Waals surface area (Å²) in [7, 11) is 0. The average molecular weight is 282 g/mol. The van der Waals surface area contributed by atoms with Gasteiger partial charge in [-0.25, -0.2) is 19.5 Å². The van der Waals surface area contributed by atoms with Crippen LogP contribution in [0.3, 0.4) is 0 Å². The zero-order valence-electron chi connectivity index (χ0n) is 10.5. The number of carboxylic acids is 1. The summed E-state index contributed by atoms with van der Waals surface area (Å²) in [6.45, 7) is 5.22. The Hall–Kier alpha value is -1.89. The third-order valence-electron chi connectivity index (χ3n) is 2.62. The molecule has 0 radical (unpaired) electrons. The molecule has 1 N–H and O–H groups in total. The van der Waals surface area contributed by atoms with Gasteiger partial charge in [0.1, 0.15) is 11.5 Å². The lowest BCUT2D eigenvalue weighted by molar-refractivity contribution is 0.0701. The summed E-state index contributed by atoms with van der Waals surface area (Å²) in [5, 5.41) is 9.40. The Kier molecular flexibility index (Phi) is 3.84. The fourth-order valence-electron chi connectivity index (χ4n) is 1.60. The molecule has 1 aliphatic carbocycles. The molecule has 7 heteroatoms. The number of ether oxygens (including phenoxy) is 1. The van der Waals surface area contributed by atoms with Gasteiger partial charge in [-0.1, -0.05) is 24.0 Å². The van der Waals surface area contributed by atoms with Crippen LogP contribution in [0.15, 0.2) is 12.7 Å². The minimum Gasteiger partial charge on any atom is -0.477 e. The molecule has 0 spiro atoms. The molecule has 6 nitrogen and oxygen atoms in total. The fraction of sp³-hybridized carbons (Fsp3) is 0.417. The van der Waals surface area contributed by atoms with Gasteiger partial charge >= 0.3 is 12.1 Å². The molecule has 1 saturated carbocycles. The topological polar surface area (TPSA) is 79.7 Å². The van der Waals surface area contributed by atoms with Crippen LogP contribution < -0.4 is 4.90 Å². The minimum absolute atomic E-state index is 0.0597. The van der Waals surface area contributed by atoms with Gasteiger partial charge < -0.3 is 9.84 Å². The average Bonchev–Trinajstić information content (AvgIpc) is 3.10. The van der Waals surface area contributed by atoms with Gasteiger partial charge in [-0.15, -0.1) is 0 Å². The zero-order valence-corrected chi connectivity index (χ0v) is 11.3. The van der Waals surface area contributed by atoms with E-state index in [-0.39, 0.29) is 17.5 Å². The molecule has 0 aromatic carbocycles. The van der Waals surface area contributed by atoms with Crippen LogP contribution in [0, 0.1) is 6.92 Å². The van der Waals surface area contributed by atoms with Crippen molar-refractivity contribution in [2.45, 2.75) is 25.8 Å². The van der Waals surface area contributed by atoms with E-state index in [1.807, 2.05) is 0 Å². The molecule has 19 heavy (non-hydrogen) atoms. The number of carbonyl (C=O) groups is 2. The van der Waals surface area contributed by atoms with E-state index in [1.54, 1.807) is 6.92 Å². The van der Waals surface area contributed by atoms with Crippen molar-refractivity contribution in [3.05, 3.63) is 23.2 Å². The van der Waals surface area contributed by atoms with Gasteiger partial charge in [-0.05, 0) is 19.8 Å². The predicted molar refractivity (Wildman–Crippen MR) is 70.9 cm³/mol. The third-order valence-corrected chi connectivity index (χ3v) is 3.76. The number of rotatable bonds is 5. The van der Waals surface area contributed by atoms with Crippen LogP contribution in [0.2, 0.25) is 0 Å². The van der Waals surface area contributed by atoms with E-state index in [4.69, 9.17) is 9.84 Å². The van der Waals surface area contributed by atoms with Crippen LogP contribution in [-0.4, -0.2) is 34.8 Å². The van der Waals surface area contributed by atoms with Gasteiger partial charge in [0.25, 0.3) is 0 Å². The number of hydrogen-bond donors (Lipinski definition) is 1. The van der Waals surface area contributed by atoms with Gasteiger partial charge in [-0.3, -0.25) is 0 Å². The van der Waals surface area contributed by atoms with Crippen molar-refractivity contribution in [1.29, 1.82) is 0 Å². The molecule has 1 fully saturated rings. The summed E-state index contributed by atoms with van der Waals surface area (Å²) < 4.78 is 5.01. The summed E-state index contributed by atoms with van der Waals surface area (Å²) in [5.74, 6) is -1.03. The maximum atomic E-state index is 11.9. The van der Waals surface area contributed by atoms with E-state index in [1.165, 1.54) is 11.0 Å². The third kappa shape index (κ3) is 2.93. The zero-order chi connectivity index (χ0) is 14.0. The smallest absolute Gasteiger partial charge is 0.416 e. The van der Waals surface area contributed by atoms with Crippen molar-refractivity contribution in [3.8, 4) is 0 Å². The number of aromatic carboxylic acids is 1. The van der Waals surface area contributed by atoms with Crippen molar-refractivity contribution in [3.63, 3.8) is 0 Å². The molecule has 1 aromatic heterocycles. The first kappa shape index (κ1) is 13.5. The number of carboxylic acid groups (broad SMARTS) is 1. The van der Waals surface area contributed by atoms with Crippen molar-refractivity contribution in [2.75, 3.05) is 11.5 Å². The predicted octanol–water partition coefficient (Wildman–Crippen LogP) is 2.44. The van der Waals surface area contributed by atoms with Gasteiger partial charge in [0.2, 0.25) is 0 Å². The number of hydrogen-bond acceptors (Lipinski definition) is 5. The Labute approximate surface area is 114 Å². The van der Waals surface area contributed by atoms with Crippen molar-refractivity contribution >= 4 is 28.5 Å². The minimum atomic E-state index is -1.03. The van der Waals surface area contributed by atoms with E-state index in [9.17, 15) is 9.59 Å². The van der Waals surface area contributed by atoms with Crippen LogP contribution in [0.4, 0.5) is 9.93 Å². The first-order valence-corrected chi connectivity index (χ1v) is 6.64. The van der Waals surface area contributed by atoms with Crippen LogP contribution in [0.5, 0.6) is 0 Å². The molecule has 2 rings (SSSR count). The van der Waals surface area contributed by atoms with E-state index < -0.39 is 12.1 Å². The number of thiazole rings is 1. The molecule has 102 valence electrons. The molecule has 0 bridgehead atoms. The van der Waals surface area contributed by atoms with Crippen molar-refractivity contribution < 1.29 is 19.4 Å². The highest BCUT2D eigenvalue weighted by atomic mass is 32.1. The number of aromatic nitrogens is 1. The highest BCUT2D eigenvalue weighted by molar-refractivity contribution is 7.17. The normalized spacial score (nSPS) is 13.9. The Bertz CT molecular complexity index is 522. The standard InChI is InChI=1S/C12H14N2O4S/c1-3-6-18-12(17)14(8-4-5-8)11-13-7(2)9(19-11)10(15)16/h3,8H,1,4-6H2,2H3,(H,15,16). The van der Waals surface area contributed by atoms with Gasteiger partial charge in [-0.2, -0.15) is 0 Å². The van der Waals surface area contributed by atoms with Crippen LogP contribution >= 0.6 is 11.3 Å². The largest absolute Gasteiger partial charge is 0.477 e. The summed E-state index contributed by atoms with van der Waals surface area (Å²) in [6.07, 6.45) is 2.74. The SMILES string of the molecule is C=CCOC(=O)N(c1nc(C)c(C(=O)O)s1)C1CC1. The number of carbonyl (C=O) groups excluding carboxylic acids is 1. The molecular formula is C12H14N2O4S. The molecule has 0 unspecified atom stereocenters. The monoisotopic (exact) mass is 282 g/mol. The molecule has 1 aliphatic rings. The Morgan fingerprint density at radius 1 is 1.63 bits per heavy atom. The molecule has 1 amide bonds. The lowest BCUT2D eigenvalue weighted by atomic mass is 10.4. The molecular weight excluding hydrogens is 268 g/mol. The number of amides is 1. The van der Waals surface area contributed by atoms with Gasteiger partial charge in [0.05, 0.1) is 5.69 Å². The Balaban J connectivity index is 2.24. The molecule has 1 heterocycles. The van der Waals surface area contributed by atoms with E-state index in [2.05, 4.69) is 11.6 Å². The number of aryl methyl sites for hydroxylation is 1. The lowest BCUT2D eigenvalue weighted by Gasteiger charge is -2.18. The fourth-order valence-corrected chi connectivity index (χ4v) is 2.57. The Morgan fingerprint density at radius 3 is 2.79 bits per heavy atom. The maximum Gasteiger partial charge on any atom is 0.416 e. The summed E-state index contributed by atoms with van der Waals surface area (Å²) in [5.41, 5.74) is 0.412. The van der Waals surface area contributed by atoms with E-state index in [0.717, 1.165) is 24.2 Å². The number of nitrogens with zero attached hydrogens (tertiary/aromatic N) is 2. The highest BCUT2D eigenvalue weighted by Gasteiger charge is 2.37. The summed E-state index contributed by atoms with van der Waals surface area (Å²) in [4.78, 5) is 28.7. The maximum absolute atomic E-state index is 11.9. The first-order chi connectivity index (χ1) is 9.04. The molecule has 0 atom stereocenters. The first-order valence-electron chi connectivity index (χ1n) is 5.82. The summed E-state index contributed by atoms with van der Waals surface area (Å²) in [6, 6.07) is 0.0597. The summed E-state index contributed by atoms with van der Waals surface area (Å²) >= 11 is 0.994. The second-order valence-corrected chi connectivity index (χ2v) is 5.16. The van der Waals surface area contributed by atoms with E-state index in [0.29, 0.717) is 10.8 Å². The molecule has 0 aliphatic heterocycles. The highest BCUT2D eigenvalue weighted by Crippen LogP contribution is 2.35. The van der Waals surface area contributed by atoms with Gasteiger partial charge in [0, 0.05) is 6.04 Å². The molecule has 1 aromatic rings. The quantitative estimate of drug-likeness (QED) is 0.839. The van der Waals surface area contributed by atoms with Crippen LogP contribution in [0.1, 0.15) is 28.2 Å². The van der Waals surface area contributed by atoms with E-state index >= 15 is 0 Å². The Morgan fingerprint density at radius 2 is 2.32 bits per heavy atom. The molecule has 0 saturated heterocycles. The lowest BCUT2D eigenvalue weighted by Crippen LogP contribution is -2.33. The second kappa shape index (κ2) is 5.40. The van der Waals surface area contributed by atoms with Crippen LogP contribution in [-0.2, 0) is 4.74 Å². The van der Waals surface area contributed by atoms with Crippen molar-refractivity contribution in [1.82, 2.24) is 4.98 Å². The van der Waals surface area contributed by atoms with Gasteiger partial charge in [0.15, 0.2) is 5.13 Å². The second-order valence-electron chi connectivity index (χ2n) is 4.18. The van der Waals surface area contributed by atoms with Crippen molar-refractivity contribution in [2.24, 2.45) is 0 Å². The van der Waals surface area contributed by atoms with Crippen LogP contribution in [0.25, 0.3) is 0 Å². The number of anilines is 1.